The summed E-state index contributed by atoms with van der Waals surface area (Å²) in [5, 5.41) is 7.13. The van der Waals surface area contributed by atoms with Gasteiger partial charge in [0.25, 0.3) is 5.56 Å². The van der Waals surface area contributed by atoms with Crippen molar-refractivity contribution < 1.29 is 4.79 Å². The molecule has 154 valence electrons. The van der Waals surface area contributed by atoms with Crippen molar-refractivity contribution in [1.82, 2.24) is 29.6 Å². The third-order valence-corrected chi connectivity index (χ3v) is 4.85. The van der Waals surface area contributed by atoms with E-state index >= 15 is 0 Å². The van der Waals surface area contributed by atoms with Crippen LogP contribution in [-0.2, 0) is 11.3 Å². The molecule has 4 heterocycles. The fourth-order valence-electron chi connectivity index (χ4n) is 3.24. The molecule has 0 spiro atoms. The molecule has 1 amide bonds. The summed E-state index contributed by atoms with van der Waals surface area (Å²) in [5.74, 6) is 2.05. The van der Waals surface area contributed by atoms with Crippen LogP contribution in [0.1, 0.15) is 5.56 Å². The lowest BCUT2D eigenvalue weighted by Crippen LogP contribution is -2.50. The van der Waals surface area contributed by atoms with Gasteiger partial charge in [0.05, 0.1) is 0 Å². The minimum atomic E-state index is -0.284. The van der Waals surface area contributed by atoms with Crippen LogP contribution < -0.4 is 15.8 Å². The molecular formula is C20H22N8O2. The molecule has 1 aliphatic heterocycles. The van der Waals surface area contributed by atoms with Gasteiger partial charge in [-0.3, -0.25) is 9.59 Å². The summed E-state index contributed by atoms with van der Waals surface area (Å²) in [7, 11) is 0. The van der Waals surface area contributed by atoms with Crippen molar-refractivity contribution in [2.24, 2.45) is 0 Å². The maximum Gasteiger partial charge on any atom is 0.267 e. The van der Waals surface area contributed by atoms with Crippen molar-refractivity contribution in [3.63, 3.8) is 0 Å². The molecule has 3 aromatic rings. The fourth-order valence-corrected chi connectivity index (χ4v) is 3.24. The Bertz CT molecular complexity index is 1090. The van der Waals surface area contributed by atoms with E-state index in [1.165, 1.54) is 23.3 Å². The van der Waals surface area contributed by atoms with Gasteiger partial charge in [-0.1, -0.05) is 0 Å². The number of hydrogen-bond donors (Lipinski definition) is 1. The smallest absolute Gasteiger partial charge is 0.267 e. The van der Waals surface area contributed by atoms with Crippen molar-refractivity contribution in [3.05, 3.63) is 65.0 Å². The largest absolute Gasteiger partial charge is 0.353 e. The van der Waals surface area contributed by atoms with Gasteiger partial charge in [-0.15, -0.1) is 0 Å². The van der Waals surface area contributed by atoms with E-state index in [1.807, 2.05) is 25.1 Å². The topological polar surface area (TPSA) is 109 Å². The van der Waals surface area contributed by atoms with Crippen LogP contribution in [0.3, 0.4) is 0 Å². The number of piperazine rings is 1. The van der Waals surface area contributed by atoms with Crippen molar-refractivity contribution in [1.29, 1.82) is 0 Å². The maximum atomic E-state index is 12.5. The van der Waals surface area contributed by atoms with E-state index in [9.17, 15) is 9.59 Å². The average Bonchev–Trinajstić information content (AvgIpc) is 2.76. The number of nitrogens with zero attached hydrogens (tertiary/aromatic N) is 7. The number of nitrogens with one attached hydrogen (secondary N) is 1. The quantitative estimate of drug-likeness (QED) is 0.664. The highest BCUT2D eigenvalue weighted by molar-refractivity contribution is 5.76. The molecule has 10 heteroatoms. The second kappa shape index (κ2) is 8.68. The minimum Gasteiger partial charge on any atom is -0.353 e. The monoisotopic (exact) mass is 406 g/mol. The van der Waals surface area contributed by atoms with Crippen LogP contribution in [0.4, 0.5) is 17.5 Å². The Morgan fingerprint density at radius 2 is 1.83 bits per heavy atom. The number of hydrogen-bond acceptors (Lipinski definition) is 8. The first-order valence-corrected chi connectivity index (χ1v) is 9.65. The van der Waals surface area contributed by atoms with Crippen LogP contribution in [0.15, 0.2) is 53.8 Å². The molecule has 1 N–H and O–H groups in total. The number of amides is 1. The van der Waals surface area contributed by atoms with Crippen LogP contribution in [0, 0.1) is 6.92 Å². The van der Waals surface area contributed by atoms with Crippen LogP contribution in [0.5, 0.6) is 0 Å². The molecule has 0 atom stereocenters. The molecule has 0 aliphatic carbocycles. The molecule has 0 aromatic carbocycles. The number of carbonyl (C=O) groups is 1. The predicted octanol–water partition coefficient (Wildman–Crippen LogP) is 0.829. The van der Waals surface area contributed by atoms with Gasteiger partial charge < -0.3 is 15.1 Å². The third kappa shape index (κ3) is 4.59. The second-order valence-electron chi connectivity index (χ2n) is 6.99. The lowest BCUT2D eigenvalue weighted by atomic mass is 10.3. The third-order valence-electron chi connectivity index (χ3n) is 4.85. The maximum absolute atomic E-state index is 12.5. The van der Waals surface area contributed by atoms with E-state index < -0.39 is 0 Å². The Balaban J connectivity index is 1.36. The Morgan fingerprint density at radius 3 is 2.60 bits per heavy atom. The molecule has 1 fully saturated rings. The zero-order valence-electron chi connectivity index (χ0n) is 16.6. The van der Waals surface area contributed by atoms with Crippen LogP contribution in [-0.4, -0.2) is 61.7 Å². The van der Waals surface area contributed by atoms with E-state index in [0.717, 1.165) is 17.2 Å². The number of carbonyl (C=O) groups excluding carboxylic acids is 1. The number of aromatic nitrogens is 5. The second-order valence-corrected chi connectivity index (χ2v) is 6.99. The standard InChI is InChI=1S/C20H22N8O2/c1-15-4-6-21-16(11-15)25-17-12-18(23-14-22-17)26-7-9-27(10-8-26)20(30)13-28-19(29)3-2-5-24-28/h2-6,11-12,14H,7-10,13H2,1H3,(H,21,22,23,25). The summed E-state index contributed by atoms with van der Waals surface area (Å²) in [5.41, 5.74) is 0.823. The van der Waals surface area contributed by atoms with Crippen molar-refractivity contribution in [2.45, 2.75) is 13.5 Å². The van der Waals surface area contributed by atoms with E-state index in [4.69, 9.17) is 0 Å². The normalized spacial score (nSPS) is 13.9. The van der Waals surface area contributed by atoms with E-state index in [0.29, 0.717) is 32.0 Å². The first-order chi connectivity index (χ1) is 14.6. The molecule has 10 nitrogen and oxygen atoms in total. The Hall–Kier alpha value is -3.82. The van der Waals surface area contributed by atoms with Crippen LogP contribution >= 0.6 is 0 Å². The Labute approximate surface area is 173 Å². The van der Waals surface area contributed by atoms with E-state index in [-0.39, 0.29) is 18.0 Å². The number of aryl methyl sites for hydroxylation is 1. The van der Waals surface area contributed by atoms with Gasteiger partial charge in [-0.05, 0) is 30.7 Å². The lowest BCUT2D eigenvalue weighted by molar-refractivity contribution is -0.132. The summed E-state index contributed by atoms with van der Waals surface area (Å²) in [6.45, 7) is 4.33. The summed E-state index contributed by atoms with van der Waals surface area (Å²) in [6, 6.07) is 8.70. The van der Waals surface area contributed by atoms with Crippen LogP contribution in [0.2, 0.25) is 0 Å². The molecule has 0 bridgehead atoms. The first kappa shape index (κ1) is 19.5. The van der Waals surface area contributed by atoms with Crippen molar-refractivity contribution >= 4 is 23.4 Å². The average molecular weight is 406 g/mol. The zero-order chi connectivity index (χ0) is 20.9. The Morgan fingerprint density at radius 1 is 1.03 bits per heavy atom. The highest BCUT2D eigenvalue weighted by Gasteiger charge is 2.22. The van der Waals surface area contributed by atoms with E-state index in [2.05, 4.69) is 30.3 Å². The molecular weight excluding hydrogens is 384 g/mol. The van der Waals surface area contributed by atoms with Gasteiger partial charge >= 0.3 is 0 Å². The molecule has 1 aliphatic rings. The highest BCUT2D eigenvalue weighted by atomic mass is 16.2. The first-order valence-electron chi connectivity index (χ1n) is 9.65. The summed E-state index contributed by atoms with van der Waals surface area (Å²) in [6.07, 6.45) is 4.76. The summed E-state index contributed by atoms with van der Waals surface area (Å²) >= 11 is 0. The van der Waals surface area contributed by atoms with Crippen LogP contribution in [0.25, 0.3) is 0 Å². The van der Waals surface area contributed by atoms with E-state index in [1.54, 1.807) is 17.2 Å². The predicted molar refractivity (Wildman–Crippen MR) is 112 cm³/mol. The van der Waals surface area contributed by atoms with Gasteiger partial charge in [0.2, 0.25) is 5.91 Å². The molecule has 0 saturated carbocycles. The molecule has 4 rings (SSSR count). The summed E-state index contributed by atoms with van der Waals surface area (Å²) < 4.78 is 1.18. The number of pyridine rings is 1. The molecule has 30 heavy (non-hydrogen) atoms. The zero-order valence-corrected chi connectivity index (χ0v) is 16.6. The fraction of sp³-hybridized carbons (Fsp3) is 0.300. The lowest BCUT2D eigenvalue weighted by Gasteiger charge is -2.35. The van der Waals surface area contributed by atoms with Gasteiger partial charge in [0.15, 0.2) is 0 Å². The van der Waals surface area contributed by atoms with Gasteiger partial charge in [0.1, 0.15) is 30.3 Å². The van der Waals surface area contributed by atoms with Crippen molar-refractivity contribution in [3.8, 4) is 0 Å². The molecule has 1 saturated heterocycles. The molecule has 3 aromatic heterocycles. The van der Waals surface area contributed by atoms with Gasteiger partial charge in [0, 0.05) is 50.7 Å². The van der Waals surface area contributed by atoms with Crippen molar-refractivity contribution in [2.75, 3.05) is 36.4 Å². The highest BCUT2D eigenvalue weighted by Crippen LogP contribution is 2.19. The summed E-state index contributed by atoms with van der Waals surface area (Å²) in [4.78, 5) is 41.0. The SMILES string of the molecule is Cc1ccnc(Nc2cc(N3CCN(C(=O)Cn4ncccc4=O)CC3)ncn2)c1. The van der Waals surface area contributed by atoms with Gasteiger partial charge in [-0.2, -0.15) is 5.10 Å². The molecule has 0 unspecified atom stereocenters. The number of rotatable bonds is 5. The number of anilines is 3. The van der Waals surface area contributed by atoms with Gasteiger partial charge in [-0.25, -0.2) is 19.6 Å². The minimum absolute atomic E-state index is 0.0509. The Kier molecular flexibility index (Phi) is 5.64. The molecule has 0 radical (unpaired) electrons.